The molecule has 2 rings (SSSR count). The van der Waals surface area contributed by atoms with Gasteiger partial charge in [-0.15, -0.1) is 0 Å². The molecule has 1 aromatic rings. The monoisotopic (exact) mass is 327 g/mol. The number of nitrogens with zero attached hydrogens (tertiary/aromatic N) is 2. The molecule has 1 fully saturated rings. The number of nitro benzene ring substituents is 1. The van der Waals surface area contributed by atoms with Gasteiger partial charge in [-0.25, -0.2) is 0 Å². The first kappa shape index (κ1) is 14.3. The summed E-state index contributed by atoms with van der Waals surface area (Å²) >= 11 is 3.26. The summed E-state index contributed by atoms with van der Waals surface area (Å²) in [6.45, 7) is 0.739. The van der Waals surface area contributed by atoms with Crippen molar-refractivity contribution in [2.24, 2.45) is 0 Å². The van der Waals surface area contributed by atoms with E-state index in [1.807, 2.05) is 6.07 Å². The Balaban J connectivity index is 2.13. The summed E-state index contributed by atoms with van der Waals surface area (Å²) < 4.78 is 0.718. The molecule has 0 spiro atoms. The molecule has 6 heteroatoms. The Labute approximate surface area is 121 Å². The Bertz CT molecular complexity index is 487. The van der Waals surface area contributed by atoms with Crippen LogP contribution in [0.2, 0.25) is 0 Å². The largest absolute Gasteiger partial charge is 0.378 e. The summed E-state index contributed by atoms with van der Waals surface area (Å²) in [7, 11) is 4.13. The van der Waals surface area contributed by atoms with Crippen molar-refractivity contribution in [2.75, 3.05) is 26.0 Å². The minimum atomic E-state index is -0.351. The molecule has 0 aliphatic heterocycles. The summed E-state index contributed by atoms with van der Waals surface area (Å²) in [6, 6.07) is 5.11. The third-order valence-electron chi connectivity index (χ3n) is 4.00. The molecule has 5 nitrogen and oxygen atoms in total. The molecule has 0 bridgehead atoms. The van der Waals surface area contributed by atoms with E-state index in [1.165, 1.54) is 12.5 Å². The first-order valence-electron chi connectivity index (χ1n) is 6.30. The first-order chi connectivity index (χ1) is 8.94. The van der Waals surface area contributed by atoms with Gasteiger partial charge in [0.25, 0.3) is 5.69 Å². The van der Waals surface area contributed by atoms with Crippen molar-refractivity contribution in [2.45, 2.75) is 24.8 Å². The second-order valence-electron chi connectivity index (χ2n) is 5.24. The van der Waals surface area contributed by atoms with Gasteiger partial charge < -0.3 is 10.2 Å². The summed E-state index contributed by atoms with van der Waals surface area (Å²) in [5.41, 5.74) is 0.838. The highest BCUT2D eigenvalue weighted by molar-refractivity contribution is 9.10. The summed E-state index contributed by atoms with van der Waals surface area (Å²) in [5.74, 6) is 0. The van der Waals surface area contributed by atoms with Crippen LogP contribution in [0.25, 0.3) is 0 Å². The van der Waals surface area contributed by atoms with Crippen molar-refractivity contribution in [3.05, 3.63) is 32.8 Å². The minimum Gasteiger partial charge on any atom is -0.378 e. The third kappa shape index (κ3) is 2.90. The van der Waals surface area contributed by atoms with E-state index in [0.29, 0.717) is 5.69 Å². The number of benzene rings is 1. The maximum Gasteiger partial charge on any atom is 0.293 e. The van der Waals surface area contributed by atoms with Crippen LogP contribution in [0.3, 0.4) is 0 Å². The highest BCUT2D eigenvalue weighted by atomic mass is 79.9. The van der Waals surface area contributed by atoms with Crippen LogP contribution in [-0.2, 0) is 0 Å². The average molecular weight is 328 g/mol. The summed E-state index contributed by atoms with van der Waals surface area (Å²) in [5, 5.41) is 14.3. The molecule has 1 aliphatic carbocycles. The average Bonchev–Trinajstić information content (AvgIpc) is 2.28. The van der Waals surface area contributed by atoms with Crippen molar-refractivity contribution in [1.82, 2.24) is 4.90 Å². The molecule has 104 valence electrons. The molecule has 0 radical (unpaired) electrons. The van der Waals surface area contributed by atoms with Gasteiger partial charge in [0.1, 0.15) is 5.69 Å². The van der Waals surface area contributed by atoms with E-state index in [0.717, 1.165) is 23.9 Å². The van der Waals surface area contributed by atoms with Gasteiger partial charge in [0.05, 0.1) is 4.92 Å². The lowest BCUT2D eigenvalue weighted by atomic mass is 9.75. The Hall–Kier alpha value is -1.14. The number of hydrogen-bond donors (Lipinski definition) is 1. The number of halogens is 1. The minimum absolute atomic E-state index is 0.114. The SMILES string of the molecule is CN(C)C1(CNc2ccc(Br)cc2[N+](=O)[O-])CCC1. The van der Waals surface area contributed by atoms with Gasteiger partial charge in [-0.1, -0.05) is 15.9 Å². The molecule has 19 heavy (non-hydrogen) atoms. The molecule has 1 saturated carbocycles. The smallest absolute Gasteiger partial charge is 0.293 e. The molecule has 0 unspecified atom stereocenters. The van der Waals surface area contributed by atoms with Crippen molar-refractivity contribution in [1.29, 1.82) is 0 Å². The van der Waals surface area contributed by atoms with Crippen molar-refractivity contribution >= 4 is 27.3 Å². The summed E-state index contributed by atoms with van der Waals surface area (Å²) in [4.78, 5) is 12.9. The molecule has 0 heterocycles. The van der Waals surface area contributed by atoms with Gasteiger partial charge in [-0.05, 0) is 45.5 Å². The van der Waals surface area contributed by atoms with E-state index in [-0.39, 0.29) is 16.1 Å². The van der Waals surface area contributed by atoms with Gasteiger partial charge in [-0.2, -0.15) is 0 Å². The first-order valence-corrected chi connectivity index (χ1v) is 7.09. The number of likely N-dealkylation sites (N-methyl/N-ethyl adjacent to an activating group) is 1. The molecule has 0 aromatic heterocycles. The molecular formula is C13H18BrN3O2. The van der Waals surface area contributed by atoms with Crippen LogP contribution in [0.4, 0.5) is 11.4 Å². The normalized spacial score (nSPS) is 17.1. The zero-order valence-electron chi connectivity index (χ0n) is 11.1. The van der Waals surface area contributed by atoms with Crippen LogP contribution >= 0.6 is 15.9 Å². The van der Waals surface area contributed by atoms with Crippen LogP contribution in [0.15, 0.2) is 22.7 Å². The van der Waals surface area contributed by atoms with Gasteiger partial charge in [0.2, 0.25) is 0 Å². The zero-order chi connectivity index (χ0) is 14.0. The Kier molecular flexibility index (Phi) is 4.10. The van der Waals surface area contributed by atoms with E-state index in [4.69, 9.17) is 0 Å². The molecule has 1 aliphatic rings. The van der Waals surface area contributed by atoms with Crippen molar-refractivity contribution < 1.29 is 4.92 Å². The van der Waals surface area contributed by atoms with Crippen LogP contribution in [-0.4, -0.2) is 36.0 Å². The lowest BCUT2D eigenvalue weighted by Crippen LogP contribution is -2.54. The van der Waals surface area contributed by atoms with Crippen LogP contribution in [0.1, 0.15) is 19.3 Å². The van der Waals surface area contributed by atoms with Gasteiger partial charge in [-0.3, -0.25) is 10.1 Å². The Morgan fingerprint density at radius 1 is 1.47 bits per heavy atom. The fourth-order valence-electron chi connectivity index (χ4n) is 2.43. The number of hydrogen-bond acceptors (Lipinski definition) is 4. The topological polar surface area (TPSA) is 58.4 Å². The van der Waals surface area contributed by atoms with E-state index in [2.05, 4.69) is 40.2 Å². The summed E-state index contributed by atoms with van der Waals surface area (Å²) in [6.07, 6.45) is 3.50. The third-order valence-corrected chi connectivity index (χ3v) is 4.49. The molecule has 1 aromatic carbocycles. The standard InChI is InChI=1S/C13H18BrN3O2/c1-16(2)13(6-3-7-13)9-15-11-5-4-10(14)8-12(11)17(18)19/h4-5,8,15H,3,6-7,9H2,1-2H3. The van der Waals surface area contributed by atoms with Crippen LogP contribution in [0.5, 0.6) is 0 Å². The van der Waals surface area contributed by atoms with Gasteiger partial charge >= 0.3 is 0 Å². The van der Waals surface area contributed by atoms with Gasteiger partial charge in [0.15, 0.2) is 0 Å². The highest BCUT2D eigenvalue weighted by Crippen LogP contribution is 2.37. The number of nitro groups is 1. The molecule has 0 atom stereocenters. The fraction of sp³-hybridized carbons (Fsp3) is 0.538. The Morgan fingerprint density at radius 2 is 2.16 bits per heavy atom. The Morgan fingerprint density at radius 3 is 2.63 bits per heavy atom. The number of rotatable bonds is 5. The second-order valence-corrected chi connectivity index (χ2v) is 6.16. The highest BCUT2D eigenvalue weighted by Gasteiger charge is 2.39. The van der Waals surface area contributed by atoms with Gasteiger partial charge in [0, 0.05) is 22.6 Å². The predicted molar refractivity (Wildman–Crippen MR) is 79.6 cm³/mol. The van der Waals surface area contributed by atoms with Crippen LogP contribution in [0, 0.1) is 10.1 Å². The quantitative estimate of drug-likeness (QED) is 0.666. The maximum absolute atomic E-state index is 11.1. The lowest BCUT2D eigenvalue weighted by molar-refractivity contribution is -0.384. The maximum atomic E-state index is 11.1. The van der Waals surface area contributed by atoms with E-state index >= 15 is 0 Å². The second kappa shape index (κ2) is 5.46. The molecule has 1 N–H and O–H groups in total. The lowest BCUT2D eigenvalue weighted by Gasteiger charge is -2.47. The number of nitrogens with one attached hydrogen (secondary N) is 1. The van der Waals surface area contributed by atoms with Crippen molar-refractivity contribution in [3.63, 3.8) is 0 Å². The predicted octanol–water partition coefficient (Wildman–Crippen LogP) is 3.25. The van der Waals surface area contributed by atoms with Crippen LogP contribution < -0.4 is 5.32 Å². The number of anilines is 1. The van der Waals surface area contributed by atoms with E-state index in [9.17, 15) is 10.1 Å². The molecular weight excluding hydrogens is 310 g/mol. The zero-order valence-corrected chi connectivity index (χ0v) is 12.7. The van der Waals surface area contributed by atoms with E-state index < -0.39 is 0 Å². The fourth-order valence-corrected chi connectivity index (χ4v) is 2.78. The molecule has 0 saturated heterocycles. The van der Waals surface area contributed by atoms with Crippen molar-refractivity contribution in [3.8, 4) is 0 Å². The molecule has 0 amide bonds. The van der Waals surface area contributed by atoms with E-state index in [1.54, 1.807) is 6.07 Å².